The predicted octanol–water partition coefficient (Wildman–Crippen LogP) is 6.56. The van der Waals surface area contributed by atoms with Crippen LogP contribution in [0.3, 0.4) is 0 Å². The molecule has 0 bridgehead atoms. The Morgan fingerprint density at radius 2 is 1.65 bits per heavy atom. The van der Waals surface area contributed by atoms with E-state index in [1.807, 2.05) is 48.5 Å². The summed E-state index contributed by atoms with van der Waals surface area (Å²) in [7, 11) is 1.39. The molecule has 6 heteroatoms. The highest BCUT2D eigenvalue weighted by molar-refractivity contribution is 7.17. The van der Waals surface area contributed by atoms with Crippen molar-refractivity contribution in [1.82, 2.24) is 0 Å². The number of para-hydroxylation sites is 2. The molecule has 5 rings (SSSR count). The first-order valence-electron chi connectivity index (χ1n) is 11.7. The van der Waals surface area contributed by atoms with Crippen molar-refractivity contribution in [2.24, 2.45) is 11.3 Å². The molecule has 2 aromatic carbocycles. The SMILES string of the molecule is COC(=O)c1c(NC(=O)C2c3ccccc3Oc3ccccc32)sc2c1CC[C@H](C(C)(C)C)C2. The van der Waals surface area contributed by atoms with Crippen molar-refractivity contribution in [3.8, 4) is 11.5 Å². The Hall–Kier alpha value is -3.12. The van der Waals surface area contributed by atoms with Crippen LogP contribution in [0, 0.1) is 11.3 Å². The van der Waals surface area contributed by atoms with E-state index in [2.05, 4.69) is 26.1 Å². The van der Waals surface area contributed by atoms with Gasteiger partial charge in [-0.15, -0.1) is 11.3 Å². The van der Waals surface area contributed by atoms with E-state index in [0.29, 0.717) is 28.0 Å². The first kappa shape index (κ1) is 22.7. The average Bonchev–Trinajstić information content (AvgIpc) is 3.18. The third kappa shape index (κ3) is 3.90. The summed E-state index contributed by atoms with van der Waals surface area (Å²) in [5, 5.41) is 3.69. The Labute approximate surface area is 204 Å². The molecular weight excluding hydrogens is 446 g/mol. The molecule has 34 heavy (non-hydrogen) atoms. The second-order valence-electron chi connectivity index (χ2n) is 10.1. The molecule has 0 unspecified atom stereocenters. The zero-order valence-electron chi connectivity index (χ0n) is 19.9. The van der Waals surface area contributed by atoms with Crippen molar-refractivity contribution < 1.29 is 19.1 Å². The number of hydrogen-bond donors (Lipinski definition) is 1. The lowest BCUT2D eigenvalue weighted by Crippen LogP contribution is -2.27. The van der Waals surface area contributed by atoms with Gasteiger partial charge in [0.15, 0.2) is 0 Å². The number of fused-ring (bicyclic) bond motifs is 3. The highest BCUT2D eigenvalue weighted by Crippen LogP contribution is 2.47. The highest BCUT2D eigenvalue weighted by Gasteiger charge is 2.37. The van der Waals surface area contributed by atoms with Gasteiger partial charge in [0.05, 0.1) is 18.6 Å². The van der Waals surface area contributed by atoms with Crippen LogP contribution in [0.15, 0.2) is 48.5 Å². The summed E-state index contributed by atoms with van der Waals surface area (Å²) in [5.41, 5.74) is 3.35. The van der Waals surface area contributed by atoms with Gasteiger partial charge in [-0.05, 0) is 48.3 Å². The van der Waals surface area contributed by atoms with Gasteiger partial charge in [0.25, 0.3) is 0 Å². The van der Waals surface area contributed by atoms with Gasteiger partial charge in [-0.3, -0.25) is 4.79 Å². The molecule has 3 aromatic rings. The number of carbonyl (C=O) groups is 2. The third-order valence-electron chi connectivity index (χ3n) is 7.06. The molecule has 1 aliphatic heterocycles. The fourth-order valence-electron chi connectivity index (χ4n) is 5.11. The third-order valence-corrected chi connectivity index (χ3v) is 8.23. The van der Waals surface area contributed by atoms with Crippen LogP contribution in [0.4, 0.5) is 5.00 Å². The Bertz CT molecular complexity index is 1220. The molecule has 176 valence electrons. The van der Waals surface area contributed by atoms with Crippen molar-refractivity contribution in [1.29, 1.82) is 0 Å². The quantitative estimate of drug-likeness (QED) is 0.436. The normalized spacial score (nSPS) is 17.1. The molecule has 1 N–H and O–H groups in total. The Kier molecular flexibility index (Phi) is 5.72. The zero-order chi connectivity index (χ0) is 24.0. The topological polar surface area (TPSA) is 64.6 Å². The number of benzene rings is 2. The lowest BCUT2D eigenvalue weighted by molar-refractivity contribution is -0.116. The number of nitrogens with one attached hydrogen (secondary N) is 1. The van der Waals surface area contributed by atoms with Crippen LogP contribution in [-0.4, -0.2) is 19.0 Å². The van der Waals surface area contributed by atoms with E-state index in [-0.39, 0.29) is 11.3 Å². The lowest BCUT2D eigenvalue weighted by atomic mass is 9.72. The van der Waals surface area contributed by atoms with Crippen molar-refractivity contribution in [2.45, 2.75) is 46.0 Å². The molecular formula is C28H29NO4S. The minimum atomic E-state index is -0.534. The minimum Gasteiger partial charge on any atom is -0.465 e. The molecule has 0 spiro atoms. The molecule has 0 saturated carbocycles. The summed E-state index contributed by atoms with van der Waals surface area (Å²) in [6.45, 7) is 6.79. The maximum absolute atomic E-state index is 13.8. The number of hydrogen-bond acceptors (Lipinski definition) is 5. The second-order valence-corrected chi connectivity index (χ2v) is 11.2. The maximum Gasteiger partial charge on any atom is 0.341 e. The number of esters is 1. The minimum absolute atomic E-state index is 0.181. The first-order valence-corrected chi connectivity index (χ1v) is 12.5. The molecule has 5 nitrogen and oxygen atoms in total. The van der Waals surface area contributed by atoms with E-state index >= 15 is 0 Å². The molecule has 0 saturated heterocycles. The lowest BCUT2D eigenvalue weighted by Gasteiger charge is -2.33. The van der Waals surface area contributed by atoms with Gasteiger partial charge >= 0.3 is 5.97 Å². The Morgan fingerprint density at radius 1 is 1.03 bits per heavy atom. The summed E-state index contributed by atoms with van der Waals surface area (Å²) in [4.78, 5) is 27.8. The fourth-order valence-corrected chi connectivity index (χ4v) is 6.43. The first-order chi connectivity index (χ1) is 16.3. The number of rotatable bonds is 3. The van der Waals surface area contributed by atoms with Crippen LogP contribution >= 0.6 is 11.3 Å². The van der Waals surface area contributed by atoms with Crippen molar-refractivity contribution >= 4 is 28.2 Å². The summed E-state index contributed by atoms with van der Waals surface area (Å²) < 4.78 is 11.2. The van der Waals surface area contributed by atoms with Gasteiger partial charge in [-0.25, -0.2) is 4.79 Å². The van der Waals surface area contributed by atoms with Crippen LogP contribution in [0.5, 0.6) is 11.5 Å². The van der Waals surface area contributed by atoms with Gasteiger partial charge in [0.1, 0.15) is 16.5 Å². The second kappa shape index (κ2) is 8.58. The summed E-state index contributed by atoms with van der Waals surface area (Å²) in [5.74, 6) is 0.769. The molecule has 2 heterocycles. The monoisotopic (exact) mass is 475 g/mol. The molecule has 0 radical (unpaired) electrons. The number of ether oxygens (including phenoxy) is 2. The summed E-state index contributed by atoms with van der Waals surface area (Å²) in [6, 6.07) is 15.2. The van der Waals surface area contributed by atoms with E-state index < -0.39 is 11.9 Å². The zero-order valence-corrected chi connectivity index (χ0v) is 20.8. The van der Waals surface area contributed by atoms with E-state index in [9.17, 15) is 9.59 Å². The predicted molar refractivity (Wildman–Crippen MR) is 134 cm³/mol. The van der Waals surface area contributed by atoms with Crippen LogP contribution in [-0.2, 0) is 22.4 Å². The maximum atomic E-state index is 13.8. The van der Waals surface area contributed by atoms with Crippen LogP contribution in [0.25, 0.3) is 0 Å². The molecule has 1 atom stereocenters. The Morgan fingerprint density at radius 3 is 2.24 bits per heavy atom. The number of thiophene rings is 1. The van der Waals surface area contributed by atoms with Gasteiger partial charge in [0.2, 0.25) is 5.91 Å². The van der Waals surface area contributed by atoms with Gasteiger partial charge in [-0.1, -0.05) is 57.2 Å². The number of methoxy groups -OCH3 is 1. The summed E-state index contributed by atoms with van der Waals surface area (Å²) >= 11 is 1.52. The molecule has 0 fully saturated rings. The molecule has 2 aliphatic rings. The van der Waals surface area contributed by atoms with Gasteiger partial charge in [-0.2, -0.15) is 0 Å². The van der Waals surface area contributed by atoms with Crippen LogP contribution in [0.1, 0.15) is 65.0 Å². The van der Waals surface area contributed by atoms with Crippen molar-refractivity contribution in [3.63, 3.8) is 0 Å². The van der Waals surface area contributed by atoms with E-state index in [1.54, 1.807) is 0 Å². The smallest absolute Gasteiger partial charge is 0.341 e. The summed E-state index contributed by atoms with van der Waals surface area (Å²) in [6.07, 6.45) is 2.74. The standard InChI is InChI=1S/C28H29NO4S/c1-28(2,3)16-13-14-19-22(15-16)34-26(24(19)27(31)32-4)29-25(30)23-17-9-5-7-11-20(17)33-21-12-8-6-10-18(21)23/h5-12,16,23H,13-15H2,1-4H3,(H,29,30)/t16-/m0/s1. The van der Waals surface area contributed by atoms with Crippen LogP contribution in [0.2, 0.25) is 0 Å². The average molecular weight is 476 g/mol. The fraction of sp³-hybridized carbons (Fsp3) is 0.357. The molecule has 1 aliphatic carbocycles. The number of anilines is 1. The number of carbonyl (C=O) groups excluding carboxylic acids is 2. The van der Waals surface area contributed by atoms with E-state index in [1.165, 1.54) is 23.3 Å². The van der Waals surface area contributed by atoms with Gasteiger partial charge in [0, 0.05) is 16.0 Å². The van der Waals surface area contributed by atoms with E-state index in [0.717, 1.165) is 36.0 Å². The van der Waals surface area contributed by atoms with Gasteiger partial charge < -0.3 is 14.8 Å². The Balaban J connectivity index is 1.53. The number of amides is 1. The highest BCUT2D eigenvalue weighted by atomic mass is 32.1. The largest absolute Gasteiger partial charge is 0.465 e. The van der Waals surface area contributed by atoms with Crippen LogP contribution < -0.4 is 10.1 Å². The molecule has 1 aromatic heterocycles. The van der Waals surface area contributed by atoms with E-state index in [4.69, 9.17) is 9.47 Å². The van der Waals surface area contributed by atoms with Crippen molar-refractivity contribution in [3.05, 3.63) is 75.7 Å². The van der Waals surface area contributed by atoms with Crippen molar-refractivity contribution in [2.75, 3.05) is 12.4 Å². The molecule has 1 amide bonds.